The highest BCUT2D eigenvalue weighted by Gasteiger charge is 2.34. The molecule has 4 rings (SSSR count). The number of nitrogens with one attached hydrogen (secondary N) is 1. The van der Waals surface area contributed by atoms with Crippen molar-refractivity contribution < 1.29 is 18.9 Å². The summed E-state index contributed by atoms with van der Waals surface area (Å²) in [6, 6.07) is 0. The molecule has 9 heteroatoms. The number of aromatic nitrogens is 1. The molecule has 0 saturated carbocycles. The highest BCUT2D eigenvalue weighted by Crippen LogP contribution is 2.39. The van der Waals surface area contributed by atoms with Crippen molar-refractivity contribution in [2.45, 2.75) is 26.3 Å². The number of fused-ring (bicyclic) bond motifs is 3. The van der Waals surface area contributed by atoms with Crippen LogP contribution in [0.2, 0.25) is 0 Å². The van der Waals surface area contributed by atoms with Crippen molar-refractivity contribution in [2.24, 2.45) is 0 Å². The Morgan fingerprint density at radius 2 is 2.19 bits per heavy atom. The molecule has 0 aromatic carbocycles. The second kappa shape index (κ2) is 6.24. The fraction of sp³-hybridized carbons (Fsp3) is 0.412. The van der Waals surface area contributed by atoms with E-state index in [4.69, 9.17) is 4.52 Å². The zero-order valence-corrected chi connectivity index (χ0v) is 15.3. The zero-order chi connectivity index (χ0) is 18.4. The van der Waals surface area contributed by atoms with Gasteiger partial charge in [-0.25, -0.2) is 0 Å². The summed E-state index contributed by atoms with van der Waals surface area (Å²) in [4.78, 5) is 41.5. The summed E-state index contributed by atoms with van der Waals surface area (Å²) < 4.78 is 5.12. The van der Waals surface area contributed by atoms with Crippen LogP contribution in [0, 0.1) is 0 Å². The lowest BCUT2D eigenvalue weighted by atomic mass is 10.0. The Labute approximate surface area is 153 Å². The maximum absolute atomic E-state index is 12.8. The zero-order valence-electron chi connectivity index (χ0n) is 14.5. The van der Waals surface area contributed by atoms with E-state index < -0.39 is 0 Å². The van der Waals surface area contributed by atoms with Crippen molar-refractivity contribution in [1.82, 2.24) is 15.0 Å². The Morgan fingerprint density at radius 1 is 1.38 bits per heavy atom. The normalized spacial score (nSPS) is 16.8. The predicted molar refractivity (Wildman–Crippen MR) is 94.2 cm³/mol. The second-order valence-electron chi connectivity index (χ2n) is 6.41. The second-order valence-corrected chi connectivity index (χ2v) is 7.52. The minimum absolute atomic E-state index is 0.0485. The summed E-state index contributed by atoms with van der Waals surface area (Å²) in [6.45, 7) is 2.88. The lowest BCUT2D eigenvalue weighted by Crippen LogP contribution is -2.36. The van der Waals surface area contributed by atoms with Gasteiger partial charge >= 0.3 is 0 Å². The molecule has 0 saturated heterocycles. The molecule has 1 N–H and O–H groups in total. The topological polar surface area (TPSA) is 95.8 Å². The van der Waals surface area contributed by atoms with Gasteiger partial charge in [-0.2, -0.15) is 0 Å². The lowest BCUT2D eigenvalue weighted by molar-refractivity contribution is -0.116. The molecule has 8 nitrogen and oxygen atoms in total. The van der Waals surface area contributed by atoms with Crippen LogP contribution in [0.3, 0.4) is 0 Å². The summed E-state index contributed by atoms with van der Waals surface area (Å²) >= 11 is 1.38. The Bertz CT molecular complexity index is 916. The first-order valence-electron chi connectivity index (χ1n) is 8.42. The molecule has 0 fully saturated rings. The van der Waals surface area contributed by atoms with Crippen molar-refractivity contribution in [1.29, 1.82) is 0 Å². The first kappa shape index (κ1) is 16.8. The average molecular weight is 374 g/mol. The van der Waals surface area contributed by atoms with Crippen LogP contribution in [0.5, 0.6) is 0 Å². The molecule has 2 aliphatic rings. The minimum atomic E-state index is -0.205. The molecule has 2 aromatic rings. The van der Waals surface area contributed by atoms with Gasteiger partial charge in [-0.15, -0.1) is 11.3 Å². The molecule has 0 atom stereocenters. The van der Waals surface area contributed by atoms with Crippen molar-refractivity contribution in [3.8, 4) is 0 Å². The van der Waals surface area contributed by atoms with Gasteiger partial charge in [-0.05, 0) is 12.0 Å². The molecule has 0 radical (unpaired) electrons. The summed E-state index contributed by atoms with van der Waals surface area (Å²) in [5, 5.41) is 7.13. The summed E-state index contributed by atoms with van der Waals surface area (Å²) in [7, 11) is 1.62. The van der Waals surface area contributed by atoms with Crippen LogP contribution < -0.4 is 5.32 Å². The Balaban J connectivity index is 1.65. The maximum Gasteiger partial charge on any atom is 0.259 e. The molecule has 26 heavy (non-hydrogen) atoms. The molecule has 4 heterocycles. The van der Waals surface area contributed by atoms with E-state index in [9.17, 15) is 14.4 Å². The predicted octanol–water partition coefficient (Wildman–Crippen LogP) is 1.52. The standard InChI is InChI=1S/C17H18N4O4S/c1-3-11-10(6-18-25-11)16(23)21-5-4-9-12(7-21)26-15-14(9)17(24)20(2)8-13(22)19-15/h6H,3-5,7-8H2,1-2H3,(H,19,22). The molecule has 2 aliphatic heterocycles. The number of carbonyl (C=O) groups excluding carboxylic acids is 3. The van der Waals surface area contributed by atoms with E-state index in [0.717, 1.165) is 10.4 Å². The first-order chi connectivity index (χ1) is 12.5. The largest absolute Gasteiger partial charge is 0.361 e. The molecule has 0 aliphatic carbocycles. The molecular weight excluding hydrogens is 356 g/mol. The Kier molecular flexibility index (Phi) is 4.03. The van der Waals surface area contributed by atoms with Crippen LogP contribution in [0.15, 0.2) is 10.7 Å². The lowest BCUT2D eigenvalue weighted by Gasteiger charge is -2.27. The number of thiophene rings is 1. The highest BCUT2D eigenvalue weighted by molar-refractivity contribution is 7.17. The third kappa shape index (κ3) is 2.59. The Morgan fingerprint density at radius 3 is 2.96 bits per heavy atom. The van der Waals surface area contributed by atoms with E-state index in [-0.39, 0.29) is 24.3 Å². The van der Waals surface area contributed by atoms with Gasteiger partial charge in [0.2, 0.25) is 5.91 Å². The van der Waals surface area contributed by atoms with E-state index in [1.54, 1.807) is 11.9 Å². The SMILES string of the molecule is CCc1oncc1C(=O)N1CCc2c(sc3c2C(=O)N(C)CC(=O)N3)C1. The number of hydrogen-bond donors (Lipinski definition) is 1. The van der Waals surface area contributed by atoms with Gasteiger partial charge in [0.05, 0.1) is 24.8 Å². The van der Waals surface area contributed by atoms with Crippen molar-refractivity contribution >= 4 is 34.1 Å². The van der Waals surface area contributed by atoms with E-state index in [1.165, 1.54) is 22.4 Å². The third-order valence-corrected chi connectivity index (χ3v) is 5.87. The summed E-state index contributed by atoms with van der Waals surface area (Å²) in [5.74, 6) is 0.0998. The van der Waals surface area contributed by atoms with Crippen LogP contribution in [-0.2, 0) is 24.2 Å². The molecular formula is C17H18N4O4S. The third-order valence-electron chi connectivity index (χ3n) is 4.74. The van der Waals surface area contributed by atoms with Gasteiger partial charge in [0.1, 0.15) is 16.3 Å². The number of aryl methyl sites for hydroxylation is 1. The number of amides is 3. The van der Waals surface area contributed by atoms with E-state index in [0.29, 0.717) is 47.8 Å². The quantitative estimate of drug-likeness (QED) is 0.860. The number of hydrogen-bond acceptors (Lipinski definition) is 6. The minimum Gasteiger partial charge on any atom is -0.361 e. The van der Waals surface area contributed by atoms with Gasteiger partial charge in [-0.1, -0.05) is 12.1 Å². The molecule has 0 unspecified atom stereocenters. The fourth-order valence-electron chi connectivity index (χ4n) is 3.40. The monoisotopic (exact) mass is 374 g/mol. The van der Waals surface area contributed by atoms with Crippen molar-refractivity contribution in [2.75, 3.05) is 25.5 Å². The van der Waals surface area contributed by atoms with Crippen molar-refractivity contribution in [3.05, 3.63) is 33.5 Å². The van der Waals surface area contributed by atoms with Crippen LogP contribution in [-0.4, -0.2) is 52.8 Å². The van der Waals surface area contributed by atoms with Crippen molar-refractivity contribution in [3.63, 3.8) is 0 Å². The number of nitrogens with zero attached hydrogens (tertiary/aromatic N) is 3. The maximum atomic E-state index is 12.8. The molecule has 0 bridgehead atoms. The molecule has 2 aromatic heterocycles. The Hall–Kier alpha value is -2.68. The van der Waals surface area contributed by atoms with Crippen LogP contribution >= 0.6 is 11.3 Å². The van der Waals surface area contributed by atoms with Crippen LogP contribution in [0.4, 0.5) is 5.00 Å². The van der Waals surface area contributed by atoms with Gasteiger partial charge in [-0.3, -0.25) is 14.4 Å². The number of carbonyl (C=O) groups is 3. The van der Waals surface area contributed by atoms with E-state index in [1.807, 2.05) is 6.92 Å². The summed E-state index contributed by atoms with van der Waals surface area (Å²) in [6.07, 6.45) is 2.63. The smallest absolute Gasteiger partial charge is 0.259 e. The van der Waals surface area contributed by atoms with Gasteiger partial charge in [0.15, 0.2) is 0 Å². The fourth-order valence-corrected chi connectivity index (χ4v) is 4.67. The van der Waals surface area contributed by atoms with Crippen LogP contribution in [0.1, 0.15) is 43.8 Å². The highest BCUT2D eigenvalue weighted by atomic mass is 32.1. The molecule has 3 amide bonds. The van der Waals surface area contributed by atoms with E-state index in [2.05, 4.69) is 10.5 Å². The molecule has 136 valence electrons. The first-order valence-corrected chi connectivity index (χ1v) is 9.24. The molecule has 0 spiro atoms. The van der Waals surface area contributed by atoms with E-state index >= 15 is 0 Å². The van der Waals surface area contributed by atoms with Gasteiger partial charge in [0.25, 0.3) is 11.8 Å². The van der Waals surface area contributed by atoms with Gasteiger partial charge < -0.3 is 19.6 Å². The summed E-state index contributed by atoms with van der Waals surface area (Å²) in [5.41, 5.74) is 2.00. The van der Waals surface area contributed by atoms with Gasteiger partial charge in [0, 0.05) is 24.9 Å². The average Bonchev–Trinajstić information content (AvgIpc) is 3.20. The van der Waals surface area contributed by atoms with Crippen LogP contribution in [0.25, 0.3) is 0 Å². The number of rotatable bonds is 2. The number of anilines is 1. The number of likely N-dealkylation sites (N-methyl/N-ethyl adjacent to an activating group) is 1.